The number of hydrogen-bond acceptors (Lipinski definition) is 4. The Kier molecular flexibility index (Phi) is 7.66. The predicted molar refractivity (Wildman–Crippen MR) is 96.4 cm³/mol. The first kappa shape index (κ1) is 20.8. The number of nitrogens with one attached hydrogen (secondary N) is 2. The van der Waals surface area contributed by atoms with Crippen LogP contribution >= 0.6 is 0 Å². The Hall–Kier alpha value is -2.55. The summed E-state index contributed by atoms with van der Waals surface area (Å²) in [5.41, 5.74) is 2.76. The number of aryl methyl sites for hydroxylation is 1. The van der Waals surface area contributed by atoms with Gasteiger partial charge in [-0.05, 0) is 25.5 Å². The van der Waals surface area contributed by atoms with Crippen LogP contribution in [0.1, 0.15) is 17.7 Å². The van der Waals surface area contributed by atoms with Crippen LogP contribution in [0, 0.1) is 6.92 Å². The maximum absolute atomic E-state index is 12.0. The van der Waals surface area contributed by atoms with E-state index in [1.807, 2.05) is 31.2 Å². The Morgan fingerprint density at radius 1 is 1.22 bits per heavy atom. The molecule has 0 aliphatic carbocycles. The fourth-order valence-corrected chi connectivity index (χ4v) is 2.18. The topological polar surface area (TPSA) is 71.7 Å². The SMILES string of the molecule is CN=C(NCCCOCC(F)(F)F)NCc1coc(-c2ccc(C)cc2)n1. The van der Waals surface area contributed by atoms with E-state index in [-0.39, 0.29) is 6.61 Å². The molecule has 0 saturated heterocycles. The van der Waals surface area contributed by atoms with E-state index in [4.69, 9.17) is 4.42 Å². The quantitative estimate of drug-likeness (QED) is 0.415. The Morgan fingerprint density at radius 3 is 2.63 bits per heavy atom. The number of benzene rings is 1. The van der Waals surface area contributed by atoms with Crippen molar-refractivity contribution in [3.63, 3.8) is 0 Å². The highest BCUT2D eigenvalue weighted by Crippen LogP contribution is 2.19. The highest BCUT2D eigenvalue weighted by atomic mass is 19.4. The molecular formula is C18H23F3N4O2. The predicted octanol–water partition coefficient (Wildman–Crippen LogP) is 3.28. The highest BCUT2D eigenvalue weighted by Gasteiger charge is 2.27. The molecule has 2 rings (SSSR count). The summed E-state index contributed by atoms with van der Waals surface area (Å²) >= 11 is 0. The van der Waals surface area contributed by atoms with Gasteiger partial charge in [0.05, 0.1) is 12.2 Å². The minimum Gasteiger partial charge on any atom is -0.444 e. The van der Waals surface area contributed by atoms with Crippen LogP contribution in [0.15, 0.2) is 39.9 Å². The summed E-state index contributed by atoms with van der Waals surface area (Å²) in [6.07, 6.45) is -2.29. The van der Waals surface area contributed by atoms with Crippen molar-refractivity contribution < 1.29 is 22.3 Å². The van der Waals surface area contributed by atoms with Crippen LogP contribution < -0.4 is 10.6 Å². The molecule has 0 bridgehead atoms. The van der Waals surface area contributed by atoms with Gasteiger partial charge in [-0.25, -0.2) is 4.98 Å². The molecule has 0 fully saturated rings. The molecule has 0 atom stereocenters. The van der Waals surface area contributed by atoms with Crippen LogP contribution in [-0.2, 0) is 11.3 Å². The van der Waals surface area contributed by atoms with Crippen LogP contribution in [0.5, 0.6) is 0 Å². The minimum atomic E-state index is -4.29. The Balaban J connectivity index is 1.71. The zero-order valence-corrected chi connectivity index (χ0v) is 15.3. The summed E-state index contributed by atoms with van der Waals surface area (Å²) in [7, 11) is 1.61. The second kappa shape index (κ2) is 9.96. The van der Waals surface area contributed by atoms with Gasteiger partial charge in [0, 0.05) is 25.8 Å². The summed E-state index contributed by atoms with van der Waals surface area (Å²) in [4.78, 5) is 8.47. The molecule has 2 aromatic rings. The third-order valence-corrected chi connectivity index (χ3v) is 3.53. The zero-order valence-electron chi connectivity index (χ0n) is 15.3. The fraction of sp³-hybridized carbons (Fsp3) is 0.444. The van der Waals surface area contributed by atoms with E-state index in [0.29, 0.717) is 37.1 Å². The number of alkyl halides is 3. The molecule has 0 saturated carbocycles. The Bertz CT molecular complexity index is 727. The Labute approximate surface area is 155 Å². The number of nitrogens with zero attached hydrogens (tertiary/aromatic N) is 2. The molecule has 0 unspecified atom stereocenters. The van der Waals surface area contributed by atoms with E-state index < -0.39 is 12.8 Å². The molecule has 0 spiro atoms. The van der Waals surface area contributed by atoms with E-state index >= 15 is 0 Å². The summed E-state index contributed by atoms with van der Waals surface area (Å²) in [5.74, 6) is 1.06. The second-order valence-electron chi connectivity index (χ2n) is 5.88. The van der Waals surface area contributed by atoms with Crippen molar-refractivity contribution in [2.24, 2.45) is 4.99 Å². The van der Waals surface area contributed by atoms with Crippen molar-refractivity contribution in [2.45, 2.75) is 26.1 Å². The van der Waals surface area contributed by atoms with Crippen molar-refractivity contribution >= 4 is 5.96 Å². The normalized spacial score (nSPS) is 12.3. The molecule has 2 N–H and O–H groups in total. The molecule has 0 amide bonds. The molecule has 148 valence electrons. The standard InChI is InChI=1S/C18H23F3N4O2/c1-13-4-6-14(7-5-13)16-25-15(11-27-16)10-24-17(22-2)23-8-3-9-26-12-18(19,20)21/h4-7,11H,3,8-10,12H2,1-2H3,(H2,22,23,24). The molecule has 1 aromatic heterocycles. The van der Waals surface area contributed by atoms with Crippen molar-refractivity contribution in [3.8, 4) is 11.5 Å². The van der Waals surface area contributed by atoms with Gasteiger partial charge in [0.2, 0.25) is 5.89 Å². The number of hydrogen-bond donors (Lipinski definition) is 2. The van der Waals surface area contributed by atoms with E-state index in [2.05, 4.69) is 25.3 Å². The number of rotatable bonds is 8. The van der Waals surface area contributed by atoms with E-state index in [1.54, 1.807) is 13.3 Å². The van der Waals surface area contributed by atoms with E-state index in [9.17, 15) is 13.2 Å². The summed E-state index contributed by atoms with van der Waals surface area (Å²) < 4.78 is 45.9. The number of halogens is 3. The summed E-state index contributed by atoms with van der Waals surface area (Å²) in [6.45, 7) is 1.64. The number of aromatic nitrogens is 1. The number of guanidine groups is 1. The van der Waals surface area contributed by atoms with E-state index in [1.165, 1.54) is 0 Å². The molecule has 0 aliphatic rings. The third-order valence-electron chi connectivity index (χ3n) is 3.53. The summed E-state index contributed by atoms with van der Waals surface area (Å²) in [6, 6.07) is 7.86. The van der Waals surface area contributed by atoms with Crippen molar-refractivity contribution in [1.29, 1.82) is 0 Å². The fourth-order valence-electron chi connectivity index (χ4n) is 2.18. The van der Waals surface area contributed by atoms with Crippen LogP contribution in [0.3, 0.4) is 0 Å². The van der Waals surface area contributed by atoms with Gasteiger partial charge in [-0.3, -0.25) is 4.99 Å². The van der Waals surface area contributed by atoms with Gasteiger partial charge in [-0.1, -0.05) is 17.7 Å². The molecule has 0 aliphatic heterocycles. The number of aliphatic imine (C=N–C) groups is 1. The molecule has 0 radical (unpaired) electrons. The van der Waals surface area contributed by atoms with Gasteiger partial charge < -0.3 is 19.8 Å². The minimum absolute atomic E-state index is 0.0205. The lowest BCUT2D eigenvalue weighted by atomic mass is 10.1. The molecular weight excluding hydrogens is 361 g/mol. The van der Waals surface area contributed by atoms with E-state index in [0.717, 1.165) is 11.1 Å². The highest BCUT2D eigenvalue weighted by molar-refractivity contribution is 5.79. The lowest BCUT2D eigenvalue weighted by Gasteiger charge is -2.11. The first-order chi connectivity index (χ1) is 12.9. The largest absolute Gasteiger partial charge is 0.444 e. The smallest absolute Gasteiger partial charge is 0.411 e. The third kappa shape index (κ3) is 7.69. The van der Waals surface area contributed by atoms with Crippen LogP contribution in [0.2, 0.25) is 0 Å². The first-order valence-corrected chi connectivity index (χ1v) is 8.48. The molecule has 9 heteroatoms. The average molecular weight is 384 g/mol. The van der Waals surface area contributed by atoms with Crippen molar-refractivity contribution in [2.75, 3.05) is 26.8 Å². The van der Waals surface area contributed by atoms with Crippen molar-refractivity contribution in [3.05, 3.63) is 41.8 Å². The number of ether oxygens (including phenoxy) is 1. The van der Waals surface area contributed by atoms with Gasteiger partial charge in [0.1, 0.15) is 12.9 Å². The van der Waals surface area contributed by atoms with Crippen LogP contribution in [0.4, 0.5) is 13.2 Å². The van der Waals surface area contributed by atoms with Gasteiger partial charge in [0.25, 0.3) is 0 Å². The molecule has 1 heterocycles. The maximum atomic E-state index is 12.0. The van der Waals surface area contributed by atoms with Crippen LogP contribution in [-0.4, -0.2) is 43.9 Å². The zero-order chi connectivity index (χ0) is 19.7. The van der Waals surface area contributed by atoms with Crippen molar-refractivity contribution in [1.82, 2.24) is 15.6 Å². The lowest BCUT2D eigenvalue weighted by Crippen LogP contribution is -2.37. The average Bonchev–Trinajstić information content (AvgIpc) is 3.09. The van der Waals surface area contributed by atoms with Gasteiger partial charge in [-0.2, -0.15) is 13.2 Å². The molecule has 27 heavy (non-hydrogen) atoms. The molecule has 6 nitrogen and oxygen atoms in total. The maximum Gasteiger partial charge on any atom is 0.411 e. The number of oxazole rings is 1. The lowest BCUT2D eigenvalue weighted by molar-refractivity contribution is -0.173. The van der Waals surface area contributed by atoms with Gasteiger partial charge >= 0.3 is 6.18 Å². The van der Waals surface area contributed by atoms with Crippen LogP contribution in [0.25, 0.3) is 11.5 Å². The Morgan fingerprint density at radius 2 is 1.96 bits per heavy atom. The molecule has 1 aromatic carbocycles. The summed E-state index contributed by atoms with van der Waals surface area (Å²) in [5, 5.41) is 6.07. The first-order valence-electron chi connectivity index (χ1n) is 8.48. The van der Waals surface area contributed by atoms with Gasteiger partial charge in [0.15, 0.2) is 5.96 Å². The second-order valence-corrected chi connectivity index (χ2v) is 5.88. The van der Waals surface area contributed by atoms with Gasteiger partial charge in [-0.15, -0.1) is 0 Å². The monoisotopic (exact) mass is 384 g/mol.